The molecule has 2 aliphatic rings. The molecule has 1 N–H and O–H groups in total. The number of hydrogen-bond donors (Lipinski definition) is 1. The van der Waals surface area contributed by atoms with E-state index in [1.54, 1.807) is 32.1 Å². The van der Waals surface area contributed by atoms with Crippen LogP contribution in [-0.4, -0.2) is 84.8 Å². The van der Waals surface area contributed by atoms with Crippen LogP contribution in [0.15, 0.2) is 30.4 Å². The first-order valence-corrected chi connectivity index (χ1v) is 11.1. The largest absolute Gasteiger partial charge is 0.507 e. The highest BCUT2D eigenvalue weighted by Crippen LogP contribution is 2.30. The van der Waals surface area contributed by atoms with Crippen LogP contribution in [0.2, 0.25) is 0 Å². The lowest BCUT2D eigenvalue weighted by Gasteiger charge is -2.26. The highest BCUT2D eigenvalue weighted by molar-refractivity contribution is 6.13. The Morgan fingerprint density at radius 1 is 1.18 bits per heavy atom. The van der Waals surface area contributed by atoms with Gasteiger partial charge in [0.05, 0.1) is 25.9 Å². The predicted molar refractivity (Wildman–Crippen MR) is 121 cm³/mol. The fourth-order valence-corrected chi connectivity index (χ4v) is 3.53. The van der Waals surface area contributed by atoms with Gasteiger partial charge in [0, 0.05) is 44.4 Å². The Labute approximate surface area is 193 Å². The summed E-state index contributed by atoms with van der Waals surface area (Å²) in [6.07, 6.45) is 5.99. The Hall–Kier alpha value is -3.17. The molecule has 9 heteroatoms. The molecule has 1 saturated heterocycles. The molecule has 0 atom stereocenters. The number of phenolic OH excluding ortho intramolecular Hbond substituents is 1. The predicted octanol–water partition coefficient (Wildman–Crippen LogP) is 2.00. The highest BCUT2D eigenvalue weighted by atomic mass is 16.5. The number of imide groups is 1. The molecule has 2 amide bonds. The molecule has 33 heavy (non-hydrogen) atoms. The smallest absolute Gasteiger partial charge is 0.342 e. The number of esters is 1. The van der Waals surface area contributed by atoms with Gasteiger partial charge in [-0.3, -0.25) is 19.4 Å². The van der Waals surface area contributed by atoms with Crippen molar-refractivity contribution in [1.29, 1.82) is 0 Å². The van der Waals surface area contributed by atoms with Crippen molar-refractivity contribution in [2.45, 2.75) is 26.4 Å². The van der Waals surface area contributed by atoms with Gasteiger partial charge in [0.2, 0.25) is 0 Å². The molecule has 2 aliphatic heterocycles. The molecule has 1 aromatic carbocycles. The lowest BCUT2D eigenvalue weighted by molar-refractivity contribution is -0.136. The number of hydrogen-bond acceptors (Lipinski definition) is 8. The van der Waals surface area contributed by atoms with E-state index in [0.717, 1.165) is 44.2 Å². The van der Waals surface area contributed by atoms with Crippen LogP contribution >= 0.6 is 0 Å². The molecule has 0 bridgehead atoms. The molecule has 0 aliphatic carbocycles. The number of phenols is 1. The zero-order valence-corrected chi connectivity index (χ0v) is 19.0. The number of aromatic hydroxyl groups is 1. The molecule has 0 radical (unpaired) electrons. The molecule has 1 aromatic rings. The Morgan fingerprint density at radius 3 is 2.55 bits per heavy atom. The Balaban J connectivity index is 1.70. The van der Waals surface area contributed by atoms with Gasteiger partial charge in [0.25, 0.3) is 11.8 Å². The van der Waals surface area contributed by atoms with Crippen molar-refractivity contribution in [2.75, 3.05) is 46.0 Å². The molecule has 9 nitrogen and oxygen atoms in total. The van der Waals surface area contributed by atoms with Crippen LogP contribution < -0.4 is 4.74 Å². The summed E-state index contributed by atoms with van der Waals surface area (Å²) in [5.41, 5.74) is 0.369. The number of ether oxygens (including phenoxy) is 3. The minimum atomic E-state index is -0.670. The zero-order chi connectivity index (χ0) is 23.8. The van der Waals surface area contributed by atoms with Crippen molar-refractivity contribution in [1.82, 2.24) is 9.80 Å². The Kier molecular flexibility index (Phi) is 8.62. The van der Waals surface area contributed by atoms with Gasteiger partial charge in [-0.2, -0.15) is 0 Å². The molecule has 0 unspecified atom stereocenters. The number of carbonyl (C=O) groups excluding carboxylic acids is 3. The molecule has 178 valence electrons. The van der Waals surface area contributed by atoms with Crippen LogP contribution in [0.4, 0.5) is 0 Å². The van der Waals surface area contributed by atoms with E-state index in [9.17, 15) is 19.5 Å². The summed E-state index contributed by atoms with van der Waals surface area (Å²) in [7, 11) is 0. The molecule has 0 spiro atoms. The molecule has 0 aromatic heterocycles. The SMILES string of the molecule is CC(C)OC(=O)c1c(O)cc(OCCCN2CCOCC2)cc1/C=C/CN1C(=O)C=CC1=O. The van der Waals surface area contributed by atoms with Crippen molar-refractivity contribution in [3.8, 4) is 11.5 Å². The first-order valence-electron chi connectivity index (χ1n) is 11.1. The zero-order valence-electron chi connectivity index (χ0n) is 19.0. The van der Waals surface area contributed by atoms with E-state index in [-0.39, 0.29) is 24.0 Å². The first-order chi connectivity index (χ1) is 15.8. The first kappa shape index (κ1) is 24.5. The lowest BCUT2D eigenvalue weighted by atomic mass is 10.0. The third-order valence-corrected chi connectivity index (χ3v) is 5.15. The summed E-state index contributed by atoms with van der Waals surface area (Å²) in [6, 6.07) is 3.02. The second-order valence-corrected chi connectivity index (χ2v) is 8.04. The molecule has 0 saturated carbocycles. The van der Waals surface area contributed by atoms with Gasteiger partial charge in [-0.1, -0.05) is 12.2 Å². The van der Waals surface area contributed by atoms with Gasteiger partial charge in [-0.25, -0.2) is 4.79 Å². The summed E-state index contributed by atoms with van der Waals surface area (Å²) in [5.74, 6) is -1.32. The minimum Gasteiger partial charge on any atom is -0.507 e. The fraction of sp³-hybridized carbons (Fsp3) is 0.458. The number of morpholine rings is 1. The quantitative estimate of drug-likeness (QED) is 0.322. The van der Waals surface area contributed by atoms with Gasteiger partial charge in [0.1, 0.15) is 17.1 Å². The van der Waals surface area contributed by atoms with Crippen LogP contribution in [0.3, 0.4) is 0 Å². The summed E-state index contributed by atoms with van der Waals surface area (Å²) in [5, 5.41) is 10.5. The lowest BCUT2D eigenvalue weighted by Crippen LogP contribution is -2.37. The maximum absolute atomic E-state index is 12.6. The third-order valence-electron chi connectivity index (χ3n) is 5.15. The molecule has 2 heterocycles. The summed E-state index contributed by atoms with van der Waals surface area (Å²) < 4.78 is 16.4. The van der Waals surface area contributed by atoms with Crippen molar-refractivity contribution in [3.63, 3.8) is 0 Å². The number of nitrogens with zero attached hydrogens (tertiary/aromatic N) is 2. The highest BCUT2D eigenvalue weighted by Gasteiger charge is 2.23. The van der Waals surface area contributed by atoms with Crippen molar-refractivity contribution in [3.05, 3.63) is 41.5 Å². The number of rotatable bonds is 10. The van der Waals surface area contributed by atoms with Gasteiger partial charge in [-0.05, 0) is 31.9 Å². The van der Waals surface area contributed by atoms with Crippen molar-refractivity contribution >= 4 is 23.9 Å². The standard InChI is InChI=1S/C24H30N2O7/c1-17(2)33-24(30)23-18(5-3-9-26-21(28)6-7-22(26)29)15-19(16-20(23)27)32-12-4-8-25-10-13-31-14-11-25/h3,5-7,15-17,27H,4,8-14H2,1-2H3/b5-3+. The normalized spacial score (nSPS) is 16.9. The maximum atomic E-state index is 12.6. The van der Waals surface area contributed by atoms with Crippen LogP contribution in [0, 0.1) is 0 Å². The van der Waals surface area contributed by atoms with Crippen LogP contribution in [0.1, 0.15) is 36.2 Å². The molecule has 1 fully saturated rings. The van der Waals surface area contributed by atoms with E-state index in [4.69, 9.17) is 14.2 Å². The molecule has 3 rings (SSSR count). The van der Waals surface area contributed by atoms with Crippen LogP contribution in [-0.2, 0) is 19.1 Å². The topological polar surface area (TPSA) is 106 Å². The van der Waals surface area contributed by atoms with E-state index >= 15 is 0 Å². The second-order valence-electron chi connectivity index (χ2n) is 8.04. The second kappa shape index (κ2) is 11.6. The number of amides is 2. The summed E-state index contributed by atoms with van der Waals surface area (Å²) in [6.45, 7) is 8.08. The minimum absolute atomic E-state index is 0.00202. The average Bonchev–Trinajstić information content (AvgIpc) is 3.09. The number of benzene rings is 1. The van der Waals surface area contributed by atoms with Gasteiger partial charge < -0.3 is 19.3 Å². The maximum Gasteiger partial charge on any atom is 0.342 e. The third kappa shape index (κ3) is 6.90. The van der Waals surface area contributed by atoms with E-state index in [1.807, 2.05) is 0 Å². The van der Waals surface area contributed by atoms with E-state index < -0.39 is 17.8 Å². The Bertz CT molecular complexity index is 915. The van der Waals surface area contributed by atoms with Gasteiger partial charge >= 0.3 is 5.97 Å². The summed E-state index contributed by atoms with van der Waals surface area (Å²) >= 11 is 0. The molecular formula is C24H30N2O7. The van der Waals surface area contributed by atoms with Crippen LogP contribution in [0.25, 0.3) is 6.08 Å². The van der Waals surface area contributed by atoms with Crippen LogP contribution in [0.5, 0.6) is 11.5 Å². The van der Waals surface area contributed by atoms with Gasteiger partial charge in [0.15, 0.2) is 0 Å². The summed E-state index contributed by atoms with van der Waals surface area (Å²) in [4.78, 5) is 39.4. The van der Waals surface area contributed by atoms with Gasteiger partial charge in [-0.15, -0.1) is 0 Å². The van der Waals surface area contributed by atoms with Crippen molar-refractivity contribution < 1.29 is 33.7 Å². The molecular weight excluding hydrogens is 428 g/mol. The van der Waals surface area contributed by atoms with E-state index in [0.29, 0.717) is 17.9 Å². The Morgan fingerprint density at radius 2 is 1.88 bits per heavy atom. The number of carbonyl (C=O) groups is 3. The average molecular weight is 459 g/mol. The fourth-order valence-electron chi connectivity index (χ4n) is 3.53. The van der Waals surface area contributed by atoms with Crippen molar-refractivity contribution in [2.24, 2.45) is 0 Å². The monoisotopic (exact) mass is 458 g/mol. The van der Waals surface area contributed by atoms with E-state index in [2.05, 4.69) is 4.90 Å². The van der Waals surface area contributed by atoms with E-state index in [1.165, 1.54) is 18.2 Å².